The number of amides is 1. The molecule has 5 rings (SSSR count). The molecule has 1 atom stereocenters. The Kier molecular flexibility index (Phi) is 4.77. The van der Waals surface area contributed by atoms with Gasteiger partial charge in [0, 0.05) is 24.9 Å². The molecule has 4 heterocycles. The highest BCUT2D eigenvalue weighted by molar-refractivity contribution is 5.95. The van der Waals surface area contributed by atoms with Crippen LogP contribution in [-0.2, 0) is 0 Å². The van der Waals surface area contributed by atoms with Crippen molar-refractivity contribution in [2.45, 2.75) is 39.2 Å². The van der Waals surface area contributed by atoms with E-state index in [0.29, 0.717) is 35.1 Å². The van der Waals surface area contributed by atoms with Crippen molar-refractivity contribution >= 4 is 5.91 Å². The van der Waals surface area contributed by atoms with Gasteiger partial charge in [0.15, 0.2) is 11.5 Å². The standard InChI is InChI=1S/C23H23N3O5/c1-14-8-10-25(16-6-7-19-20(12-16)30-13-29-19)22(27)21(14)23(28)26-9-4-3-5-18(26)17-11-15(2)31-24-17/h6-8,10-12,18H,3-5,9,13H2,1-2H3. The molecule has 0 saturated carbocycles. The minimum absolute atomic E-state index is 0.156. The minimum atomic E-state index is -0.357. The van der Waals surface area contributed by atoms with E-state index in [4.69, 9.17) is 14.0 Å². The highest BCUT2D eigenvalue weighted by Gasteiger charge is 2.33. The van der Waals surface area contributed by atoms with Crippen molar-refractivity contribution in [3.05, 3.63) is 69.5 Å². The molecule has 0 N–H and O–H groups in total. The van der Waals surface area contributed by atoms with E-state index >= 15 is 0 Å². The van der Waals surface area contributed by atoms with Gasteiger partial charge in [0.25, 0.3) is 11.5 Å². The summed E-state index contributed by atoms with van der Waals surface area (Å²) in [5.74, 6) is 1.64. The van der Waals surface area contributed by atoms with Gasteiger partial charge in [-0.2, -0.15) is 0 Å². The number of pyridine rings is 1. The van der Waals surface area contributed by atoms with Crippen LogP contribution in [0.2, 0.25) is 0 Å². The Morgan fingerprint density at radius 3 is 2.74 bits per heavy atom. The molecule has 1 unspecified atom stereocenters. The van der Waals surface area contributed by atoms with Crippen LogP contribution in [0.1, 0.15) is 52.7 Å². The van der Waals surface area contributed by atoms with Gasteiger partial charge < -0.3 is 18.9 Å². The maximum absolute atomic E-state index is 13.6. The number of carbonyl (C=O) groups excluding carboxylic acids is 1. The second kappa shape index (κ2) is 7.61. The predicted molar refractivity (Wildman–Crippen MR) is 112 cm³/mol. The molecule has 31 heavy (non-hydrogen) atoms. The van der Waals surface area contributed by atoms with Gasteiger partial charge >= 0.3 is 0 Å². The van der Waals surface area contributed by atoms with E-state index < -0.39 is 0 Å². The summed E-state index contributed by atoms with van der Waals surface area (Å²) in [6.45, 7) is 4.35. The average molecular weight is 421 g/mol. The van der Waals surface area contributed by atoms with E-state index in [1.807, 2.05) is 13.0 Å². The van der Waals surface area contributed by atoms with Crippen molar-refractivity contribution in [2.24, 2.45) is 0 Å². The molecule has 8 nitrogen and oxygen atoms in total. The third-order valence-electron chi connectivity index (χ3n) is 5.90. The summed E-state index contributed by atoms with van der Waals surface area (Å²) in [6.07, 6.45) is 4.36. The van der Waals surface area contributed by atoms with Gasteiger partial charge in [-0.3, -0.25) is 14.2 Å². The van der Waals surface area contributed by atoms with Crippen LogP contribution in [0.3, 0.4) is 0 Å². The zero-order chi connectivity index (χ0) is 21.5. The first-order valence-electron chi connectivity index (χ1n) is 10.4. The molecule has 1 saturated heterocycles. The Balaban J connectivity index is 1.54. The molecule has 0 radical (unpaired) electrons. The molecular weight excluding hydrogens is 398 g/mol. The number of fused-ring (bicyclic) bond motifs is 1. The maximum atomic E-state index is 13.6. The zero-order valence-electron chi connectivity index (χ0n) is 17.5. The number of nitrogens with zero attached hydrogens (tertiary/aromatic N) is 3. The van der Waals surface area contributed by atoms with Gasteiger partial charge in [0.1, 0.15) is 17.0 Å². The van der Waals surface area contributed by atoms with E-state index in [9.17, 15) is 9.59 Å². The minimum Gasteiger partial charge on any atom is -0.454 e. The number of hydrogen-bond donors (Lipinski definition) is 0. The molecule has 1 aromatic carbocycles. The lowest BCUT2D eigenvalue weighted by molar-refractivity contribution is 0.0599. The van der Waals surface area contributed by atoms with Crippen LogP contribution in [0.15, 0.2) is 45.8 Å². The van der Waals surface area contributed by atoms with E-state index in [1.165, 1.54) is 4.57 Å². The molecule has 8 heteroatoms. The second-order valence-corrected chi connectivity index (χ2v) is 7.96. The Morgan fingerprint density at radius 1 is 1.10 bits per heavy atom. The first-order valence-corrected chi connectivity index (χ1v) is 10.4. The maximum Gasteiger partial charge on any atom is 0.268 e. The molecular formula is C23H23N3O5. The van der Waals surface area contributed by atoms with Gasteiger partial charge in [-0.05, 0) is 56.9 Å². The SMILES string of the molecule is Cc1cc(C2CCCCN2C(=O)c2c(C)ccn(-c3ccc4c(c3)OCO4)c2=O)no1. The van der Waals surface area contributed by atoms with E-state index in [0.717, 1.165) is 25.0 Å². The van der Waals surface area contributed by atoms with Crippen LogP contribution in [0, 0.1) is 13.8 Å². The molecule has 2 aliphatic rings. The van der Waals surface area contributed by atoms with Crippen LogP contribution >= 0.6 is 0 Å². The molecule has 3 aromatic rings. The lowest BCUT2D eigenvalue weighted by Gasteiger charge is -2.34. The summed E-state index contributed by atoms with van der Waals surface area (Å²) < 4.78 is 17.5. The number of hydrogen-bond acceptors (Lipinski definition) is 6. The average Bonchev–Trinajstić information content (AvgIpc) is 3.42. The number of carbonyl (C=O) groups is 1. The fourth-order valence-corrected chi connectivity index (χ4v) is 4.29. The molecule has 0 aliphatic carbocycles. The van der Waals surface area contributed by atoms with Gasteiger partial charge in [-0.25, -0.2) is 0 Å². The van der Waals surface area contributed by atoms with Crippen LogP contribution in [0.4, 0.5) is 0 Å². The monoisotopic (exact) mass is 421 g/mol. The quantitative estimate of drug-likeness (QED) is 0.643. The molecule has 160 valence electrons. The van der Waals surface area contributed by atoms with E-state index in [2.05, 4.69) is 5.16 Å². The van der Waals surface area contributed by atoms with Crippen LogP contribution in [-0.4, -0.2) is 33.9 Å². The van der Waals surface area contributed by atoms with Gasteiger partial charge in [0.05, 0.1) is 11.7 Å². The summed E-state index contributed by atoms with van der Waals surface area (Å²) in [7, 11) is 0. The highest BCUT2D eigenvalue weighted by Crippen LogP contribution is 2.34. The van der Waals surface area contributed by atoms with Crippen LogP contribution in [0.25, 0.3) is 5.69 Å². The molecule has 2 aliphatic heterocycles. The zero-order valence-corrected chi connectivity index (χ0v) is 17.5. The third-order valence-corrected chi connectivity index (χ3v) is 5.90. The largest absolute Gasteiger partial charge is 0.454 e. The van der Waals surface area contributed by atoms with Gasteiger partial charge in [-0.15, -0.1) is 0 Å². The fraction of sp³-hybridized carbons (Fsp3) is 0.348. The van der Waals surface area contributed by atoms with Crippen molar-refractivity contribution in [1.82, 2.24) is 14.6 Å². The highest BCUT2D eigenvalue weighted by atomic mass is 16.7. The summed E-state index contributed by atoms with van der Waals surface area (Å²) in [4.78, 5) is 28.8. The summed E-state index contributed by atoms with van der Waals surface area (Å²) >= 11 is 0. The molecule has 2 aromatic heterocycles. The predicted octanol–water partition coefficient (Wildman–Crippen LogP) is 3.54. The van der Waals surface area contributed by atoms with Crippen LogP contribution < -0.4 is 15.0 Å². The van der Waals surface area contributed by atoms with Crippen molar-refractivity contribution in [1.29, 1.82) is 0 Å². The Bertz CT molecular complexity index is 1210. The molecule has 0 spiro atoms. The first kappa shape index (κ1) is 19.4. The van der Waals surface area contributed by atoms with Gasteiger partial charge in [0.2, 0.25) is 6.79 Å². The van der Waals surface area contributed by atoms with Gasteiger partial charge in [-0.1, -0.05) is 5.16 Å². The molecule has 0 bridgehead atoms. The number of benzene rings is 1. The summed E-state index contributed by atoms with van der Waals surface area (Å²) in [6, 6.07) is 8.74. The van der Waals surface area contributed by atoms with E-state index in [1.54, 1.807) is 42.3 Å². The smallest absolute Gasteiger partial charge is 0.268 e. The number of rotatable bonds is 3. The van der Waals surface area contributed by atoms with Crippen molar-refractivity contribution < 1.29 is 18.8 Å². The molecule has 1 amide bonds. The lowest BCUT2D eigenvalue weighted by Crippen LogP contribution is -2.42. The molecule has 1 fully saturated rings. The lowest BCUT2D eigenvalue weighted by atomic mass is 9.97. The normalized spacial score (nSPS) is 17.7. The summed E-state index contributed by atoms with van der Waals surface area (Å²) in [5.41, 5.74) is 1.81. The van der Waals surface area contributed by atoms with Crippen molar-refractivity contribution in [2.75, 3.05) is 13.3 Å². The first-order chi connectivity index (χ1) is 15.0. The van der Waals surface area contributed by atoms with Crippen LogP contribution in [0.5, 0.6) is 11.5 Å². The number of likely N-dealkylation sites (tertiary alicyclic amines) is 1. The third kappa shape index (κ3) is 3.37. The number of ether oxygens (including phenoxy) is 2. The Labute approximate surface area is 179 Å². The topological polar surface area (TPSA) is 86.8 Å². The number of piperidine rings is 1. The summed E-state index contributed by atoms with van der Waals surface area (Å²) in [5, 5.41) is 4.13. The number of aromatic nitrogens is 2. The van der Waals surface area contributed by atoms with Crippen molar-refractivity contribution in [3.8, 4) is 17.2 Å². The van der Waals surface area contributed by atoms with Crippen molar-refractivity contribution in [3.63, 3.8) is 0 Å². The van der Waals surface area contributed by atoms with E-state index in [-0.39, 0.29) is 29.9 Å². The fourth-order valence-electron chi connectivity index (χ4n) is 4.29. The second-order valence-electron chi connectivity index (χ2n) is 7.96. The Morgan fingerprint density at radius 2 is 1.94 bits per heavy atom. The number of aryl methyl sites for hydroxylation is 2. The Hall–Kier alpha value is -3.55.